The van der Waals surface area contributed by atoms with Crippen LogP contribution < -0.4 is 10.6 Å². The molecule has 5 nitrogen and oxygen atoms in total. The zero-order valence-corrected chi connectivity index (χ0v) is 19.6. The fourth-order valence-electron chi connectivity index (χ4n) is 2.40. The summed E-state index contributed by atoms with van der Waals surface area (Å²) in [7, 11) is 0. The van der Waals surface area contributed by atoms with Crippen LogP contribution in [0, 0.1) is 6.92 Å². The van der Waals surface area contributed by atoms with Crippen molar-refractivity contribution in [1.82, 2.24) is 15.6 Å². The molecule has 2 aromatic rings. The second-order valence-corrected chi connectivity index (χ2v) is 6.86. The molecule has 0 spiro atoms. The lowest BCUT2D eigenvalue weighted by atomic mass is 10.2. The zero-order valence-electron chi connectivity index (χ0n) is 16.5. The number of aromatic nitrogens is 1. The van der Waals surface area contributed by atoms with Gasteiger partial charge in [-0.15, -0.1) is 35.3 Å². The standard InChI is InChI=1S/C20H30N4OS.HI/c1-4-21-20(22-12-6-14-25-5-2)23-13-11-18-15-26-19(24-18)17-9-7-16(3)8-10-17;/h7-10,15H,4-6,11-14H2,1-3H3,(H2,21,22,23);1H. The van der Waals surface area contributed by atoms with Crippen LogP contribution in [-0.2, 0) is 11.2 Å². The van der Waals surface area contributed by atoms with Crippen LogP contribution in [-0.4, -0.2) is 43.8 Å². The molecule has 27 heavy (non-hydrogen) atoms. The van der Waals surface area contributed by atoms with E-state index in [-0.39, 0.29) is 24.0 Å². The lowest BCUT2D eigenvalue weighted by Crippen LogP contribution is -2.38. The third-order valence-corrected chi connectivity index (χ3v) is 4.73. The first-order valence-corrected chi connectivity index (χ1v) is 10.2. The third-order valence-electron chi connectivity index (χ3n) is 3.79. The Labute approximate surface area is 184 Å². The van der Waals surface area contributed by atoms with E-state index >= 15 is 0 Å². The van der Waals surface area contributed by atoms with E-state index in [2.05, 4.69) is 59.1 Å². The van der Waals surface area contributed by atoms with Crippen LogP contribution in [0.5, 0.6) is 0 Å². The quantitative estimate of drug-likeness (QED) is 0.221. The first kappa shape index (κ1) is 23.8. The number of hydrogen-bond acceptors (Lipinski definition) is 4. The average molecular weight is 502 g/mol. The fraction of sp³-hybridized carbons (Fsp3) is 0.500. The van der Waals surface area contributed by atoms with Crippen LogP contribution in [0.3, 0.4) is 0 Å². The molecule has 0 amide bonds. The van der Waals surface area contributed by atoms with Gasteiger partial charge in [0.05, 0.1) is 5.69 Å². The summed E-state index contributed by atoms with van der Waals surface area (Å²) in [6.07, 6.45) is 1.82. The maximum absolute atomic E-state index is 5.34. The van der Waals surface area contributed by atoms with Crippen LogP contribution in [0.4, 0.5) is 0 Å². The van der Waals surface area contributed by atoms with E-state index in [4.69, 9.17) is 9.72 Å². The van der Waals surface area contributed by atoms with Crippen LogP contribution in [0.15, 0.2) is 34.6 Å². The van der Waals surface area contributed by atoms with E-state index < -0.39 is 0 Å². The van der Waals surface area contributed by atoms with Gasteiger partial charge in [0.15, 0.2) is 5.96 Å². The highest BCUT2D eigenvalue weighted by atomic mass is 127. The first-order valence-electron chi connectivity index (χ1n) is 9.34. The summed E-state index contributed by atoms with van der Waals surface area (Å²) in [4.78, 5) is 9.32. The normalized spacial score (nSPS) is 11.1. The van der Waals surface area contributed by atoms with Crippen molar-refractivity contribution < 1.29 is 4.74 Å². The summed E-state index contributed by atoms with van der Waals surface area (Å²) in [5.41, 5.74) is 3.57. The highest BCUT2D eigenvalue weighted by Crippen LogP contribution is 2.24. The predicted octanol–water partition coefficient (Wildman–Crippen LogP) is 4.26. The summed E-state index contributed by atoms with van der Waals surface area (Å²) < 4.78 is 5.34. The molecule has 150 valence electrons. The van der Waals surface area contributed by atoms with Gasteiger partial charge in [-0.05, 0) is 27.2 Å². The van der Waals surface area contributed by atoms with E-state index in [1.165, 1.54) is 11.1 Å². The Bertz CT molecular complexity index is 673. The second kappa shape index (κ2) is 13.9. The maximum Gasteiger partial charge on any atom is 0.191 e. The van der Waals surface area contributed by atoms with Crippen molar-refractivity contribution in [3.8, 4) is 10.6 Å². The maximum atomic E-state index is 5.34. The largest absolute Gasteiger partial charge is 0.382 e. The molecule has 0 aliphatic rings. The van der Waals surface area contributed by atoms with Crippen LogP contribution in [0.25, 0.3) is 10.6 Å². The lowest BCUT2D eigenvalue weighted by molar-refractivity contribution is 0.146. The Kier molecular flexibility index (Phi) is 12.3. The molecule has 0 saturated heterocycles. The van der Waals surface area contributed by atoms with E-state index in [1.807, 2.05) is 6.92 Å². The Morgan fingerprint density at radius 2 is 1.96 bits per heavy atom. The van der Waals surface area contributed by atoms with Crippen molar-refractivity contribution in [2.24, 2.45) is 4.99 Å². The molecule has 0 fully saturated rings. The van der Waals surface area contributed by atoms with Crippen LogP contribution >= 0.6 is 35.3 Å². The molecule has 0 radical (unpaired) electrons. The molecule has 0 bridgehead atoms. The third kappa shape index (κ3) is 9.03. The predicted molar refractivity (Wildman–Crippen MR) is 126 cm³/mol. The number of hydrogen-bond donors (Lipinski definition) is 2. The highest BCUT2D eigenvalue weighted by molar-refractivity contribution is 14.0. The SMILES string of the molecule is CCNC(=NCCCOCC)NCCc1csc(-c2ccc(C)cc2)n1.I. The molecule has 7 heteroatoms. The highest BCUT2D eigenvalue weighted by Gasteiger charge is 2.05. The number of aryl methyl sites for hydroxylation is 1. The van der Waals surface area contributed by atoms with E-state index in [9.17, 15) is 0 Å². The Hall–Kier alpha value is -1.19. The summed E-state index contributed by atoms with van der Waals surface area (Å²) in [6.45, 7) is 10.1. The molecule has 0 aliphatic carbocycles. The molecule has 0 saturated carbocycles. The monoisotopic (exact) mass is 502 g/mol. The number of aliphatic imine (C=N–C) groups is 1. The fourth-order valence-corrected chi connectivity index (χ4v) is 3.26. The molecule has 1 aromatic heterocycles. The summed E-state index contributed by atoms with van der Waals surface area (Å²) >= 11 is 1.70. The van der Waals surface area contributed by atoms with Gasteiger partial charge in [0.2, 0.25) is 0 Å². The van der Waals surface area contributed by atoms with E-state index in [0.717, 1.165) is 62.4 Å². The topological polar surface area (TPSA) is 58.5 Å². The minimum absolute atomic E-state index is 0. The Morgan fingerprint density at radius 3 is 2.67 bits per heavy atom. The van der Waals surface area contributed by atoms with Crippen molar-refractivity contribution in [3.05, 3.63) is 40.9 Å². The smallest absolute Gasteiger partial charge is 0.191 e. The lowest BCUT2D eigenvalue weighted by Gasteiger charge is -2.10. The van der Waals surface area contributed by atoms with Crippen molar-refractivity contribution in [3.63, 3.8) is 0 Å². The molecule has 0 unspecified atom stereocenters. The van der Waals surface area contributed by atoms with E-state index in [1.54, 1.807) is 11.3 Å². The van der Waals surface area contributed by atoms with Gasteiger partial charge < -0.3 is 15.4 Å². The number of rotatable bonds is 10. The molecule has 0 atom stereocenters. The van der Waals surface area contributed by atoms with Crippen molar-refractivity contribution in [2.45, 2.75) is 33.6 Å². The van der Waals surface area contributed by atoms with Gasteiger partial charge in [-0.25, -0.2) is 4.98 Å². The number of benzene rings is 1. The summed E-state index contributed by atoms with van der Waals surface area (Å²) in [5.74, 6) is 0.859. The van der Waals surface area contributed by atoms with Crippen LogP contribution in [0.1, 0.15) is 31.5 Å². The van der Waals surface area contributed by atoms with Gasteiger partial charge in [-0.3, -0.25) is 4.99 Å². The number of guanidine groups is 1. The minimum Gasteiger partial charge on any atom is -0.382 e. The number of nitrogens with one attached hydrogen (secondary N) is 2. The minimum atomic E-state index is 0. The van der Waals surface area contributed by atoms with Gasteiger partial charge in [-0.2, -0.15) is 0 Å². The molecule has 1 heterocycles. The van der Waals surface area contributed by atoms with Crippen molar-refractivity contribution >= 4 is 41.3 Å². The Morgan fingerprint density at radius 1 is 1.19 bits per heavy atom. The van der Waals surface area contributed by atoms with Gasteiger partial charge in [0, 0.05) is 50.2 Å². The van der Waals surface area contributed by atoms with Crippen molar-refractivity contribution in [2.75, 3.05) is 32.8 Å². The molecule has 2 N–H and O–H groups in total. The number of thiazole rings is 1. The molecule has 2 rings (SSSR count). The molecular weight excluding hydrogens is 471 g/mol. The Balaban J connectivity index is 0.00000364. The second-order valence-electron chi connectivity index (χ2n) is 6.00. The van der Waals surface area contributed by atoms with Gasteiger partial charge in [-0.1, -0.05) is 29.8 Å². The number of halogens is 1. The first-order chi connectivity index (χ1) is 12.7. The van der Waals surface area contributed by atoms with E-state index in [0.29, 0.717) is 0 Å². The zero-order chi connectivity index (χ0) is 18.6. The van der Waals surface area contributed by atoms with Crippen LogP contribution in [0.2, 0.25) is 0 Å². The molecule has 0 aliphatic heterocycles. The van der Waals surface area contributed by atoms with Crippen molar-refractivity contribution in [1.29, 1.82) is 0 Å². The molecule has 1 aromatic carbocycles. The summed E-state index contributed by atoms with van der Waals surface area (Å²) in [5, 5.41) is 9.88. The average Bonchev–Trinajstić information content (AvgIpc) is 3.11. The number of nitrogens with zero attached hydrogens (tertiary/aromatic N) is 2. The van der Waals surface area contributed by atoms with Gasteiger partial charge in [0.1, 0.15) is 5.01 Å². The van der Waals surface area contributed by atoms with Gasteiger partial charge in [0.25, 0.3) is 0 Å². The summed E-state index contributed by atoms with van der Waals surface area (Å²) in [6, 6.07) is 8.52. The molecular formula is C20H31IN4OS. The number of ether oxygens (including phenoxy) is 1. The van der Waals surface area contributed by atoms with Gasteiger partial charge >= 0.3 is 0 Å².